The Hall–Kier alpha value is -0.750. The Morgan fingerprint density at radius 2 is 2.29 bits per heavy atom. The number of hydrogen-bond acceptors (Lipinski definition) is 4. The highest BCUT2D eigenvalue weighted by Gasteiger charge is 2.29. The summed E-state index contributed by atoms with van der Waals surface area (Å²) < 4.78 is 0. The molecule has 1 fully saturated rings. The molecule has 0 spiro atoms. The summed E-state index contributed by atoms with van der Waals surface area (Å²) in [5.41, 5.74) is 5.84. The standard InChI is InChI=1S/C11H21N3O2S/c1-8(15)13-9-3-5-14(7-9)11(16)10(12)4-6-17-2/h9-10H,3-7,12H2,1-2H3,(H,13,15)/t9?,10-/m0/s1. The summed E-state index contributed by atoms with van der Waals surface area (Å²) in [6, 6.07) is -0.317. The van der Waals surface area contributed by atoms with E-state index in [0.29, 0.717) is 19.5 Å². The van der Waals surface area contributed by atoms with E-state index >= 15 is 0 Å². The van der Waals surface area contributed by atoms with Gasteiger partial charge in [-0.3, -0.25) is 9.59 Å². The maximum Gasteiger partial charge on any atom is 0.239 e. The van der Waals surface area contributed by atoms with Gasteiger partial charge < -0.3 is 16.0 Å². The van der Waals surface area contributed by atoms with Crippen molar-refractivity contribution >= 4 is 23.6 Å². The number of amides is 2. The summed E-state index contributed by atoms with van der Waals surface area (Å²) in [6.45, 7) is 2.77. The van der Waals surface area contributed by atoms with Crippen molar-refractivity contribution < 1.29 is 9.59 Å². The van der Waals surface area contributed by atoms with Crippen LogP contribution in [0.2, 0.25) is 0 Å². The largest absolute Gasteiger partial charge is 0.352 e. The van der Waals surface area contributed by atoms with Crippen molar-refractivity contribution in [3.63, 3.8) is 0 Å². The first kappa shape index (κ1) is 14.3. The SMILES string of the molecule is CSCC[C@H](N)C(=O)N1CCC(NC(C)=O)C1. The molecule has 0 aliphatic carbocycles. The number of carbonyl (C=O) groups excluding carboxylic acids is 2. The predicted octanol–water partition coefficient (Wildman–Crippen LogP) is -0.196. The highest BCUT2D eigenvalue weighted by Crippen LogP contribution is 2.11. The van der Waals surface area contributed by atoms with Gasteiger partial charge in [-0.1, -0.05) is 0 Å². The van der Waals surface area contributed by atoms with Crippen molar-refractivity contribution in [3.8, 4) is 0 Å². The summed E-state index contributed by atoms with van der Waals surface area (Å²) >= 11 is 1.69. The Morgan fingerprint density at radius 1 is 1.59 bits per heavy atom. The van der Waals surface area contributed by atoms with Gasteiger partial charge in [0.2, 0.25) is 11.8 Å². The topological polar surface area (TPSA) is 75.4 Å². The Balaban J connectivity index is 2.36. The van der Waals surface area contributed by atoms with Crippen LogP contribution in [0.3, 0.4) is 0 Å². The maximum atomic E-state index is 12.0. The molecule has 0 aromatic carbocycles. The van der Waals surface area contributed by atoms with Crippen molar-refractivity contribution in [1.29, 1.82) is 0 Å². The Bertz CT molecular complexity index is 286. The molecule has 1 aliphatic heterocycles. The van der Waals surface area contributed by atoms with Crippen molar-refractivity contribution in [1.82, 2.24) is 10.2 Å². The second-order valence-corrected chi connectivity index (χ2v) is 5.34. The Morgan fingerprint density at radius 3 is 2.88 bits per heavy atom. The van der Waals surface area contributed by atoms with Crippen molar-refractivity contribution in [2.45, 2.75) is 31.8 Å². The van der Waals surface area contributed by atoms with Gasteiger partial charge in [0.15, 0.2) is 0 Å². The summed E-state index contributed by atoms with van der Waals surface area (Å²) in [5.74, 6) is 0.860. The highest BCUT2D eigenvalue weighted by atomic mass is 32.2. The molecule has 17 heavy (non-hydrogen) atoms. The summed E-state index contributed by atoms with van der Waals surface area (Å²) in [6.07, 6.45) is 3.53. The minimum atomic E-state index is -0.404. The molecule has 3 N–H and O–H groups in total. The van der Waals surface area contributed by atoms with Crippen LogP contribution < -0.4 is 11.1 Å². The smallest absolute Gasteiger partial charge is 0.239 e. The van der Waals surface area contributed by atoms with Crippen LogP contribution in [0.25, 0.3) is 0 Å². The number of likely N-dealkylation sites (tertiary alicyclic amines) is 1. The first-order valence-electron chi connectivity index (χ1n) is 5.85. The van der Waals surface area contributed by atoms with Crippen molar-refractivity contribution in [2.75, 3.05) is 25.1 Å². The molecule has 0 radical (unpaired) electrons. The van der Waals surface area contributed by atoms with Gasteiger partial charge >= 0.3 is 0 Å². The number of nitrogens with two attached hydrogens (primary N) is 1. The number of rotatable bonds is 5. The molecule has 1 unspecified atom stereocenters. The molecule has 6 heteroatoms. The van der Waals surface area contributed by atoms with Crippen LogP contribution in [0.1, 0.15) is 19.8 Å². The number of hydrogen-bond donors (Lipinski definition) is 2. The van der Waals surface area contributed by atoms with E-state index in [9.17, 15) is 9.59 Å². The molecule has 1 heterocycles. The van der Waals surface area contributed by atoms with Crippen LogP contribution in [-0.2, 0) is 9.59 Å². The summed E-state index contributed by atoms with van der Waals surface area (Å²) in [5, 5.41) is 2.83. The third-order valence-corrected chi connectivity index (χ3v) is 3.50. The van der Waals surface area contributed by atoms with Crippen molar-refractivity contribution in [2.24, 2.45) is 5.73 Å². The zero-order valence-electron chi connectivity index (χ0n) is 10.4. The van der Waals surface area contributed by atoms with E-state index in [2.05, 4.69) is 5.32 Å². The number of carbonyl (C=O) groups is 2. The van der Waals surface area contributed by atoms with Gasteiger partial charge in [0.1, 0.15) is 0 Å². The first-order chi connectivity index (χ1) is 8.04. The fraction of sp³-hybridized carbons (Fsp3) is 0.818. The van der Waals surface area contributed by atoms with Crippen LogP contribution >= 0.6 is 11.8 Å². The van der Waals surface area contributed by atoms with Crippen LogP contribution in [0.5, 0.6) is 0 Å². The van der Waals surface area contributed by atoms with Crippen LogP contribution in [0, 0.1) is 0 Å². The zero-order valence-corrected chi connectivity index (χ0v) is 11.3. The maximum absolute atomic E-state index is 12.0. The van der Waals surface area contributed by atoms with E-state index in [4.69, 9.17) is 5.73 Å². The fourth-order valence-corrected chi connectivity index (χ4v) is 2.46. The van der Waals surface area contributed by atoms with E-state index < -0.39 is 6.04 Å². The van der Waals surface area contributed by atoms with Crippen LogP contribution in [0.15, 0.2) is 0 Å². The number of thioether (sulfide) groups is 1. The molecule has 0 aromatic heterocycles. The second kappa shape index (κ2) is 6.86. The van der Waals surface area contributed by atoms with E-state index in [1.165, 1.54) is 6.92 Å². The fourth-order valence-electron chi connectivity index (χ4n) is 1.97. The van der Waals surface area contributed by atoms with Crippen LogP contribution in [0.4, 0.5) is 0 Å². The van der Waals surface area contributed by atoms with Gasteiger partial charge in [0.25, 0.3) is 0 Å². The first-order valence-corrected chi connectivity index (χ1v) is 7.24. The second-order valence-electron chi connectivity index (χ2n) is 4.36. The van der Waals surface area contributed by atoms with Gasteiger partial charge in [-0.25, -0.2) is 0 Å². The number of nitrogens with one attached hydrogen (secondary N) is 1. The molecule has 0 aromatic rings. The normalized spacial score (nSPS) is 21.4. The molecule has 98 valence electrons. The lowest BCUT2D eigenvalue weighted by Gasteiger charge is -2.20. The lowest BCUT2D eigenvalue weighted by atomic mass is 10.2. The van der Waals surface area contributed by atoms with Crippen molar-refractivity contribution in [3.05, 3.63) is 0 Å². The average Bonchev–Trinajstić information content (AvgIpc) is 2.72. The summed E-state index contributed by atoms with van der Waals surface area (Å²) in [7, 11) is 0. The molecular weight excluding hydrogens is 238 g/mol. The predicted molar refractivity (Wildman–Crippen MR) is 69.8 cm³/mol. The van der Waals surface area contributed by atoms with Gasteiger partial charge in [0.05, 0.1) is 6.04 Å². The van der Waals surface area contributed by atoms with E-state index in [-0.39, 0.29) is 17.9 Å². The van der Waals surface area contributed by atoms with Gasteiger partial charge in [-0.05, 0) is 24.9 Å². The van der Waals surface area contributed by atoms with E-state index in [1.807, 2.05) is 6.26 Å². The summed E-state index contributed by atoms with van der Waals surface area (Å²) in [4.78, 5) is 24.6. The van der Waals surface area contributed by atoms with E-state index in [1.54, 1.807) is 16.7 Å². The molecule has 5 nitrogen and oxygen atoms in total. The van der Waals surface area contributed by atoms with E-state index in [0.717, 1.165) is 12.2 Å². The molecule has 1 rings (SSSR count). The third kappa shape index (κ3) is 4.55. The molecule has 0 saturated carbocycles. The third-order valence-electron chi connectivity index (χ3n) is 2.86. The van der Waals surface area contributed by atoms with Gasteiger partial charge in [-0.2, -0.15) is 11.8 Å². The monoisotopic (exact) mass is 259 g/mol. The molecular formula is C11H21N3O2S. The Labute approximate surface area is 106 Å². The minimum absolute atomic E-state index is 0.00639. The Kier molecular flexibility index (Phi) is 5.77. The zero-order chi connectivity index (χ0) is 12.8. The molecule has 2 amide bonds. The van der Waals surface area contributed by atoms with Gasteiger partial charge in [-0.15, -0.1) is 0 Å². The minimum Gasteiger partial charge on any atom is -0.352 e. The number of nitrogens with zero attached hydrogens (tertiary/aromatic N) is 1. The quantitative estimate of drug-likeness (QED) is 0.717. The molecule has 0 bridgehead atoms. The average molecular weight is 259 g/mol. The highest BCUT2D eigenvalue weighted by molar-refractivity contribution is 7.98. The lowest BCUT2D eigenvalue weighted by Crippen LogP contribution is -2.44. The lowest BCUT2D eigenvalue weighted by molar-refractivity contribution is -0.131. The molecule has 1 saturated heterocycles. The van der Waals surface area contributed by atoms with Gasteiger partial charge in [0, 0.05) is 26.1 Å². The van der Waals surface area contributed by atoms with Crippen LogP contribution in [-0.4, -0.2) is 53.9 Å². The molecule has 1 aliphatic rings. The molecule has 2 atom stereocenters.